The van der Waals surface area contributed by atoms with Gasteiger partial charge in [0.2, 0.25) is 0 Å². The third kappa shape index (κ3) is 79.5. The highest BCUT2D eigenvalue weighted by atomic mass is 32.2. The summed E-state index contributed by atoms with van der Waals surface area (Å²) in [6.07, 6.45) is -0.560. The van der Waals surface area contributed by atoms with Gasteiger partial charge in [-0.05, 0) is 6.92 Å². The molecule has 0 aliphatic rings. The highest BCUT2D eigenvalue weighted by Crippen LogP contribution is 1.68. The van der Waals surface area contributed by atoms with Crippen LogP contribution in [0.3, 0.4) is 0 Å². The van der Waals surface area contributed by atoms with Gasteiger partial charge in [-0.15, -0.1) is 0 Å². The Morgan fingerprint density at radius 2 is 1.67 bits per heavy atom. The zero-order valence-corrected chi connectivity index (χ0v) is 5.78. The fourth-order valence-corrected chi connectivity index (χ4v) is 0. The molecule has 0 saturated heterocycles. The largest absolute Gasteiger partial charge is 0.394 e. The predicted octanol–water partition coefficient (Wildman–Crippen LogP) is -1.57. The molecule has 1 atom stereocenters. The molecule has 0 fully saturated rings. The van der Waals surface area contributed by atoms with Crippen molar-refractivity contribution >= 4 is 11.0 Å². The van der Waals surface area contributed by atoms with Crippen molar-refractivity contribution < 1.29 is 23.2 Å². The molecule has 3 N–H and O–H groups in total. The second-order valence-electron chi connectivity index (χ2n) is 1.27. The second-order valence-corrected chi connectivity index (χ2v) is 1.75. The molecule has 0 aromatic heterocycles. The van der Waals surface area contributed by atoms with E-state index in [1.165, 1.54) is 6.92 Å². The zero-order valence-electron chi connectivity index (χ0n) is 4.89. The summed E-state index contributed by atoms with van der Waals surface area (Å²) in [7, 11) is -3.12. The van der Waals surface area contributed by atoms with Gasteiger partial charge >= 0.3 is 0 Å². The van der Waals surface area contributed by atoms with Gasteiger partial charge in [-0.1, -0.05) is 0 Å². The third-order valence-corrected chi connectivity index (χ3v) is 0.264. The first-order valence-electron chi connectivity index (χ1n) is 2.13. The van der Waals surface area contributed by atoms with Gasteiger partial charge in [0.1, 0.15) is 0 Å². The number of hydrogen-bond acceptors (Lipinski definition) is 4. The molecule has 0 spiro atoms. The minimum atomic E-state index is -3.12. The van der Waals surface area contributed by atoms with Gasteiger partial charge in [0, 0.05) is 0 Å². The summed E-state index contributed by atoms with van der Waals surface area (Å²) in [5.41, 5.74) is 0. The number of aliphatic hydroxyl groups is 2. The summed E-state index contributed by atoms with van der Waals surface area (Å²) in [5.74, 6) is 0. The lowest BCUT2D eigenvalue weighted by Crippen LogP contribution is -2.03. The maximum Gasteiger partial charge on any atom is 0.254 e. The Morgan fingerprint density at radius 3 is 1.67 bits per heavy atom. The third-order valence-electron chi connectivity index (χ3n) is 0.264. The fraction of sp³-hybridized carbons (Fsp3) is 1.00. The highest BCUT2D eigenvalue weighted by Gasteiger charge is 1.83. The molecule has 0 heterocycles. The van der Waals surface area contributed by atoms with Crippen molar-refractivity contribution in [1.29, 1.82) is 0 Å². The lowest BCUT2D eigenvalue weighted by molar-refractivity contribution is 0.110. The first-order valence-corrected chi connectivity index (χ1v) is 3.26. The molecule has 0 radical (unpaired) electrons. The van der Waals surface area contributed by atoms with Crippen LogP contribution in [0, 0.1) is 0 Å². The molecule has 1 unspecified atom stereocenters. The second kappa shape index (κ2) is 7.83. The lowest BCUT2D eigenvalue weighted by atomic mass is 10.5. The van der Waals surface area contributed by atoms with E-state index in [1.54, 1.807) is 0 Å². The Hall–Kier alpha value is -0.170. The zero-order chi connectivity index (χ0) is 7.86. The molecule has 0 aromatic rings. The predicted molar refractivity (Wildman–Crippen MR) is 31.7 cm³/mol. The summed E-state index contributed by atoms with van der Waals surface area (Å²) in [6.45, 7) is 1.39. The molecule has 0 aliphatic heterocycles. The Kier molecular flexibility index (Phi) is 10.1. The van der Waals surface area contributed by atoms with Gasteiger partial charge in [0.05, 0.1) is 12.7 Å². The summed E-state index contributed by atoms with van der Waals surface area (Å²) in [6, 6.07) is 0. The van der Waals surface area contributed by atoms with Gasteiger partial charge in [-0.3, -0.25) is 4.55 Å². The Labute approximate surface area is 54.7 Å². The first-order chi connectivity index (χ1) is 4.00. The minimum absolute atomic E-state index is 0.139. The van der Waals surface area contributed by atoms with E-state index in [2.05, 4.69) is 0 Å². The van der Waals surface area contributed by atoms with Crippen molar-refractivity contribution in [2.24, 2.45) is 0 Å². The summed E-state index contributed by atoms with van der Waals surface area (Å²) < 4.78 is 24.2. The first kappa shape index (κ1) is 11.6. The van der Waals surface area contributed by atoms with Crippen LogP contribution in [0.4, 0.5) is 0 Å². The van der Waals surface area contributed by atoms with Gasteiger partial charge in [-0.25, -0.2) is 8.42 Å². The van der Waals surface area contributed by atoms with E-state index in [4.69, 9.17) is 23.2 Å². The molecule has 5 nitrogen and oxygen atoms in total. The molecule has 0 aliphatic carbocycles. The SMILES string of the molecule is CC(O)CO.O=[SH](=O)O. The molecule has 0 amide bonds. The molecule has 6 heteroatoms. The molecule has 0 saturated carbocycles. The molecular formula is C3H10O5S. The standard InChI is InChI=1S/C3H8O2.H2O3S/c1-3(5)2-4;1-4(2)3/h3-5H,2H2,1H3;4H,(H,1,2,3). The minimum Gasteiger partial charge on any atom is -0.394 e. The van der Waals surface area contributed by atoms with Crippen LogP contribution in [-0.2, 0) is 11.0 Å². The van der Waals surface area contributed by atoms with E-state index in [-0.39, 0.29) is 6.61 Å². The van der Waals surface area contributed by atoms with Crippen LogP contribution in [-0.4, -0.2) is 35.9 Å². The van der Waals surface area contributed by atoms with Crippen LogP contribution in [0.1, 0.15) is 6.92 Å². The van der Waals surface area contributed by atoms with E-state index in [9.17, 15) is 0 Å². The van der Waals surface area contributed by atoms with Crippen LogP contribution in [0.25, 0.3) is 0 Å². The molecular weight excluding hydrogens is 148 g/mol. The molecule has 0 aromatic carbocycles. The van der Waals surface area contributed by atoms with E-state index >= 15 is 0 Å². The maximum atomic E-state index is 8.59. The van der Waals surface area contributed by atoms with Crippen molar-refractivity contribution in [1.82, 2.24) is 0 Å². The van der Waals surface area contributed by atoms with Crippen LogP contribution in [0.15, 0.2) is 0 Å². The van der Waals surface area contributed by atoms with E-state index in [0.29, 0.717) is 0 Å². The number of hydrogen-bond donors (Lipinski definition) is 4. The Balaban J connectivity index is 0. The van der Waals surface area contributed by atoms with E-state index in [1.807, 2.05) is 0 Å². The molecule has 0 rings (SSSR count). The van der Waals surface area contributed by atoms with Crippen LogP contribution < -0.4 is 0 Å². The quantitative estimate of drug-likeness (QED) is 0.273. The Bertz CT molecular complexity index is 98.8. The van der Waals surface area contributed by atoms with Gasteiger partial charge in [0.15, 0.2) is 0 Å². The number of rotatable bonds is 1. The maximum absolute atomic E-state index is 8.59. The normalized spacial score (nSPS) is 12.1. The monoisotopic (exact) mass is 158 g/mol. The molecule has 58 valence electrons. The smallest absolute Gasteiger partial charge is 0.254 e. The summed E-state index contributed by atoms with van der Waals surface area (Å²) in [5, 5.41) is 16.0. The number of aliphatic hydroxyl groups excluding tert-OH is 2. The van der Waals surface area contributed by atoms with Gasteiger partial charge in [-0.2, -0.15) is 0 Å². The van der Waals surface area contributed by atoms with Crippen molar-refractivity contribution in [3.8, 4) is 0 Å². The van der Waals surface area contributed by atoms with Crippen molar-refractivity contribution in [2.75, 3.05) is 6.61 Å². The van der Waals surface area contributed by atoms with Crippen LogP contribution in [0.5, 0.6) is 0 Å². The highest BCUT2D eigenvalue weighted by molar-refractivity contribution is 7.66. The van der Waals surface area contributed by atoms with Crippen molar-refractivity contribution in [3.05, 3.63) is 0 Å². The number of thiol groups is 1. The van der Waals surface area contributed by atoms with Crippen LogP contribution in [0.2, 0.25) is 0 Å². The average molecular weight is 158 g/mol. The van der Waals surface area contributed by atoms with Gasteiger partial charge < -0.3 is 10.2 Å². The average Bonchev–Trinajstić information content (AvgIpc) is 1.65. The Morgan fingerprint density at radius 1 is 1.56 bits per heavy atom. The summed E-state index contributed by atoms with van der Waals surface area (Å²) >= 11 is 0. The van der Waals surface area contributed by atoms with Crippen molar-refractivity contribution in [2.45, 2.75) is 13.0 Å². The van der Waals surface area contributed by atoms with Crippen molar-refractivity contribution in [3.63, 3.8) is 0 Å². The molecule has 9 heavy (non-hydrogen) atoms. The fourth-order valence-electron chi connectivity index (χ4n) is 0. The summed E-state index contributed by atoms with van der Waals surface area (Å²) in [4.78, 5) is 0. The lowest BCUT2D eigenvalue weighted by Gasteiger charge is -1.90. The van der Waals surface area contributed by atoms with E-state index in [0.717, 1.165) is 0 Å². The van der Waals surface area contributed by atoms with Gasteiger partial charge in [0.25, 0.3) is 11.0 Å². The molecule has 0 bridgehead atoms. The topological polar surface area (TPSA) is 94.8 Å². The van der Waals surface area contributed by atoms with Crippen LogP contribution >= 0.6 is 0 Å². The van der Waals surface area contributed by atoms with E-state index < -0.39 is 17.1 Å².